The first-order valence-corrected chi connectivity index (χ1v) is 2.76. The zero-order valence-corrected chi connectivity index (χ0v) is 7.63. The van der Waals surface area contributed by atoms with Crippen LogP contribution in [0.4, 0.5) is 21.3 Å². The zero-order chi connectivity index (χ0) is 8.08. The van der Waals surface area contributed by atoms with E-state index < -0.39 is 15.5 Å². The summed E-state index contributed by atoms with van der Waals surface area (Å²) in [6, 6.07) is 0. The van der Waals surface area contributed by atoms with Crippen LogP contribution in [0.15, 0.2) is 0 Å². The van der Waals surface area contributed by atoms with Crippen molar-refractivity contribution in [3.63, 3.8) is 0 Å². The van der Waals surface area contributed by atoms with E-state index in [0.717, 1.165) is 0 Å². The molecule has 2 nitrogen and oxygen atoms in total. The molecule has 0 bridgehead atoms. The summed E-state index contributed by atoms with van der Waals surface area (Å²) in [6.07, 6.45) is 0. The van der Waals surface area contributed by atoms with Crippen LogP contribution in [0.25, 0.3) is 0 Å². The van der Waals surface area contributed by atoms with E-state index in [2.05, 4.69) is 0 Å². The molecule has 56 valence electrons. The average Bonchev–Trinajstić information content (AvgIpc) is 1.19. The van der Waals surface area contributed by atoms with E-state index in [4.69, 9.17) is 9.46 Å². The van der Waals surface area contributed by atoms with Gasteiger partial charge in [0.1, 0.15) is 0 Å². The Labute approximate surface area is 76.0 Å². The normalized spacial score (nSPS) is 8.60. The molecule has 0 atom stereocenters. The second kappa shape index (κ2) is 8.01. The Balaban J connectivity index is -0.0000000910. The van der Waals surface area contributed by atoms with Crippen molar-refractivity contribution in [3.05, 3.63) is 0 Å². The van der Waals surface area contributed by atoms with Gasteiger partial charge in [0, 0.05) is 0 Å². The Morgan fingerprint density at radius 3 is 1.20 bits per heavy atom. The molecular formula is BF5NaO2P. The molecule has 0 unspecified atom stereocenters. The zero-order valence-electron chi connectivity index (χ0n) is 4.73. The first-order chi connectivity index (χ1) is 3.73. The van der Waals surface area contributed by atoms with Crippen molar-refractivity contribution >= 4 is 15.5 Å². The van der Waals surface area contributed by atoms with Gasteiger partial charge in [-0.3, -0.25) is 17.5 Å². The number of hydrogen-bond acceptors (Lipinski definition) is 2. The van der Waals surface area contributed by atoms with Crippen LogP contribution in [0.5, 0.6) is 0 Å². The molecule has 0 aromatic carbocycles. The molecule has 0 rings (SSSR count). The van der Waals surface area contributed by atoms with Crippen LogP contribution in [0.2, 0.25) is 0 Å². The van der Waals surface area contributed by atoms with Gasteiger partial charge in [-0.15, -0.1) is 0 Å². The minimum atomic E-state index is -5.89. The molecule has 0 aliphatic heterocycles. The van der Waals surface area contributed by atoms with E-state index in [-0.39, 0.29) is 29.6 Å². The monoisotopic (exact) mass is 192 g/mol. The van der Waals surface area contributed by atoms with E-state index >= 15 is 0 Å². The van der Waals surface area contributed by atoms with Crippen LogP contribution < -0.4 is 34.5 Å². The summed E-state index contributed by atoms with van der Waals surface area (Å²) in [6.45, 7) is 0. The summed E-state index contributed by atoms with van der Waals surface area (Å²) < 4.78 is 57.4. The summed E-state index contributed by atoms with van der Waals surface area (Å²) in [4.78, 5) is 8.33. The third-order valence-electron chi connectivity index (χ3n) is 0. The Morgan fingerprint density at radius 2 is 1.20 bits per heavy atom. The van der Waals surface area contributed by atoms with Crippen molar-refractivity contribution in [1.29, 1.82) is 0 Å². The standard InChI is InChI=1S/BF3.F2HO2P.Na/c2-1(3)4;1-5(2,3)4;/h;(H,3,4);/q;;+1/p-1. The molecule has 0 saturated carbocycles. The largest absolute Gasteiger partial charge is 1.00 e. The number of rotatable bonds is 0. The Morgan fingerprint density at radius 1 is 1.20 bits per heavy atom. The third kappa shape index (κ3) is 680. The van der Waals surface area contributed by atoms with Crippen LogP contribution in [0, 0.1) is 0 Å². The maximum absolute atomic E-state index is 10.0. The average molecular weight is 192 g/mol. The minimum absolute atomic E-state index is 0. The van der Waals surface area contributed by atoms with Crippen LogP contribution in [0.1, 0.15) is 0 Å². The molecule has 0 amide bonds. The Kier molecular flexibility index (Phi) is 13.7. The van der Waals surface area contributed by atoms with Gasteiger partial charge in [0.2, 0.25) is 0 Å². The minimum Gasteiger partial charge on any atom is -0.749 e. The van der Waals surface area contributed by atoms with Crippen molar-refractivity contribution < 1.29 is 60.4 Å². The van der Waals surface area contributed by atoms with E-state index in [9.17, 15) is 21.3 Å². The topological polar surface area (TPSA) is 40.1 Å². The van der Waals surface area contributed by atoms with E-state index in [1.165, 1.54) is 0 Å². The predicted molar refractivity (Wildman–Crippen MR) is 18.9 cm³/mol. The fourth-order valence-electron chi connectivity index (χ4n) is 0. The quantitative estimate of drug-likeness (QED) is 0.260. The molecule has 0 heterocycles. The molecule has 0 aromatic heterocycles. The van der Waals surface area contributed by atoms with Crippen molar-refractivity contribution in [1.82, 2.24) is 0 Å². The van der Waals surface area contributed by atoms with Gasteiger partial charge in [-0.1, -0.05) is 0 Å². The molecule has 0 N–H and O–H groups in total. The molecule has 10 heavy (non-hydrogen) atoms. The SMILES string of the molecule is FB(F)F.O=P([O-])(F)F.[Na+]. The molecular weight excluding hydrogens is 192 g/mol. The fourth-order valence-corrected chi connectivity index (χ4v) is 0. The predicted octanol–water partition coefficient (Wildman–Crippen LogP) is -1.72. The third-order valence-corrected chi connectivity index (χ3v) is 0. The van der Waals surface area contributed by atoms with E-state index in [1.54, 1.807) is 0 Å². The molecule has 0 saturated heterocycles. The molecule has 10 heteroatoms. The molecule has 0 aliphatic rings. The van der Waals surface area contributed by atoms with Gasteiger partial charge in [-0.05, 0) is 0 Å². The first-order valence-electron chi connectivity index (χ1n) is 1.36. The molecule has 0 aliphatic carbocycles. The van der Waals surface area contributed by atoms with Crippen LogP contribution in [0.3, 0.4) is 0 Å². The summed E-state index contributed by atoms with van der Waals surface area (Å²) in [5, 5.41) is 0. The molecule has 0 fully saturated rings. The second-order valence-electron chi connectivity index (χ2n) is 0.662. The summed E-state index contributed by atoms with van der Waals surface area (Å²) in [7, 11) is -9.56. The summed E-state index contributed by atoms with van der Waals surface area (Å²) >= 11 is 0. The second-order valence-corrected chi connectivity index (χ2v) is 1.49. The number of hydrogen-bond donors (Lipinski definition) is 0. The van der Waals surface area contributed by atoms with E-state index in [1.807, 2.05) is 0 Å². The molecule has 0 aromatic rings. The maximum Gasteiger partial charge on any atom is 1.00 e. The molecule has 0 spiro atoms. The van der Waals surface area contributed by atoms with Gasteiger partial charge in [0.25, 0.3) is 0 Å². The van der Waals surface area contributed by atoms with Crippen LogP contribution in [-0.4, -0.2) is 7.54 Å². The van der Waals surface area contributed by atoms with Gasteiger partial charge in [-0.2, -0.15) is 8.39 Å². The summed E-state index contributed by atoms with van der Waals surface area (Å²) in [5.41, 5.74) is 0. The first kappa shape index (κ1) is 17.1. The molecule has 0 radical (unpaired) electrons. The van der Waals surface area contributed by atoms with E-state index in [0.29, 0.717) is 0 Å². The van der Waals surface area contributed by atoms with Crippen LogP contribution in [-0.2, 0) is 4.57 Å². The van der Waals surface area contributed by atoms with Gasteiger partial charge in [0.05, 0.1) is 0 Å². The van der Waals surface area contributed by atoms with Crippen molar-refractivity contribution in [2.24, 2.45) is 0 Å². The van der Waals surface area contributed by atoms with Gasteiger partial charge in [0.15, 0.2) is 0 Å². The van der Waals surface area contributed by atoms with Gasteiger partial charge < -0.3 is 4.89 Å². The summed E-state index contributed by atoms with van der Waals surface area (Å²) in [5.74, 6) is 0. The smallest absolute Gasteiger partial charge is 0.749 e. The van der Waals surface area contributed by atoms with Gasteiger partial charge in [-0.25, -0.2) is 0 Å². The van der Waals surface area contributed by atoms with Crippen LogP contribution >= 0.6 is 7.99 Å². The Bertz CT molecular complexity index is 90.8. The van der Waals surface area contributed by atoms with Crippen molar-refractivity contribution in [2.75, 3.05) is 0 Å². The Hall–Kier alpha value is 0.905. The number of halogens is 5. The van der Waals surface area contributed by atoms with Gasteiger partial charge >= 0.3 is 45.1 Å². The maximum atomic E-state index is 10.0. The van der Waals surface area contributed by atoms with Crippen molar-refractivity contribution in [2.45, 2.75) is 0 Å². The van der Waals surface area contributed by atoms with Crippen molar-refractivity contribution in [3.8, 4) is 0 Å². The fraction of sp³-hybridized carbons (Fsp3) is 0.